The summed E-state index contributed by atoms with van der Waals surface area (Å²) in [6.07, 6.45) is 4.41. The Hall–Kier alpha value is -4.12. The maximum absolute atomic E-state index is 13.7. The van der Waals surface area contributed by atoms with Crippen LogP contribution in [0.1, 0.15) is 49.2 Å². The molecule has 210 valence electrons. The SMILES string of the molecule is COc1ccc(N2CCN(C(c3cc4cc(OC)c(OC)cc4[nH]c3=O)c3nnnn3C3CCCC3)CC2)cc1. The molecule has 1 saturated heterocycles. The number of anilines is 1. The van der Waals surface area contributed by atoms with Gasteiger partial charge in [0.25, 0.3) is 5.56 Å². The molecule has 6 rings (SSSR count). The summed E-state index contributed by atoms with van der Waals surface area (Å²) in [6, 6.07) is 13.6. The van der Waals surface area contributed by atoms with E-state index in [9.17, 15) is 4.79 Å². The molecule has 11 heteroatoms. The molecule has 1 aliphatic carbocycles. The molecule has 1 saturated carbocycles. The second kappa shape index (κ2) is 11.2. The number of piperazine rings is 1. The van der Waals surface area contributed by atoms with Crippen LogP contribution >= 0.6 is 0 Å². The molecule has 0 bridgehead atoms. The summed E-state index contributed by atoms with van der Waals surface area (Å²) in [7, 11) is 4.87. The average Bonchev–Trinajstić information content (AvgIpc) is 3.70. The van der Waals surface area contributed by atoms with Gasteiger partial charge in [0.1, 0.15) is 11.8 Å². The molecule has 3 heterocycles. The van der Waals surface area contributed by atoms with E-state index in [4.69, 9.17) is 14.2 Å². The van der Waals surface area contributed by atoms with Gasteiger partial charge >= 0.3 is 0 Å². The molecule has 2 aromatic heterocycles. The first-order valence-electron chi connectivity index (χ1n) is 13.8. The van der Waals surface area contributed by atoms with Gasteiger partial charge in [-0.1, -0.05) is 12.8 Å². The molecule has 11 nitrogen and oxygen atoms in total. The third-order valence-electron chi connectivity index (χ3n) is 8.22. The zero-order chi connectivity index (χ0) is 27.6. The van der Waals surface area contributed by atoms with E-state index in [-0.39, 0.29) is 11.6 Å². The van der Waals surface area contributed by atoms with E-state index in [1.807, 2.05) is 28.9 Å². The molecule has 0 radical (unpaired) electrons. The number of nitrogens with one attached hydrogen (secondary N) is 1. The lowest BCUT2D eigenvalue weighted by Crippen LogP contribution is -2.49. The summed E-state index contributed by atoms with van der Waals surface area (Å²) < 4.78 is 18.3. The predicted octanol–water partition coefficient (Wildman–Crippen LogP) is 3.57. The minimum absolute atomic E-state index is 0.164. The molecule has 0 amide bonds. The van der Waals surface area contributed by atoms with E-state index in [0.29, 0.717) is 22.6 Å². The highest BCUT2D eigenvalue weighted by atomic mass is 16.5. The van der Waals surface area contributed by atoms with Crippen molar-refractivity contribution < 1.29 is 14.2 Å². The first kappa shape index (κ1) is 26.1. The van der Waals surface area contributed by atoms with Crippen LogP contribution < -0.4 is 24.7 Å². The monoisotopic (exact) mass is 545 g/mol. The van der Waals surface area contributed by atoms with Crippen LogP contribution in [0, 0.1) is 0 Å². The van der Waals surface area contributed by atoms with Crippen molar-refractivity contribution in [1.29, 1.82) is 0 Å². The molecule has 0 spiro atoms. The third kappa shape index (κ3) is 4.85. The van der Waals surface area contributed by atoms with Crippen molar-refractivity contribution in [2.24, 2.45) is 0 Å². The zero-order valence-electron chi connectivity index (χ0n) is 23.2. The quantitative estimate of drug-likeness (QED) is 0.355. The highest BCUT2D eigenvalue weighted by Crippen LogP contribution is 2.36. The summed E-state index contributed by atoms with van der Waals surface area (Å²) in [5, 5.41) is 13.9. The number of benzene rings is 2. The summed E-state index contributed by atoms with van der Waals surface area (Å²) in [4.78, 5) is 21.5. The number of methoxy groups -OCH3 is 3. The minimum Gasteiger partial charge on any atom is -0.497 e. The fourth-order valence-electron chi connectivity index (χ4n) is 6.07. The van der Waals surface area contributed by atoms with Crippen molar-refractivity contribution in [3.8, 4) is 17.2 Å². The number of hydrogen-bond acceptors (Lipinski definition) is 9. The Morgan fingerprint density at radius 3 is 2.27 bits per heavy atom. The summed E-state index contributed by atoms with van der Waals surface area (Å²) in [5.74, 6) is 2.73. The van der Waals surface area contributed by atoms with Gasteiger partial charge in [-0.05, 0) is 59.7 Å². The molecular formula is C29H35N7O4. The number of pyridine rings is 1. The van der Waals surface area contributed by atoms with Crippen molar-refractivity contribution in [3.05, 3.63) is 64.2 Å². The first-order valence-corrected chi connectivity index (χ1v) is 13.8. The number of aromatic amines is 1. The van der Waals surface area contributed by atoms with Gasteiger partial charge < -0.3 is 24.1 Å². The average molecular weight is 546 g/mol. The van der Waals surface area contributed by atoms with Gasteiger partial charge in [0.15, 0.2) is 17.3 Å². The lowest BCUT2D eigenvalue weighted by Gasteiger charge is -2.39. The molecule has 2 aliphatic rings. The van der Waals surface area contributed by atoms with Gasteiger partial charge in [0, 0.05) is 48.9 Å². The van der Waals surface area contributed by atoms with Gasteiger partial charge in [0.05, 0.1) is 32.9 Å². The van der Waals surface area contributed by atoms with E-state index in [1.54, 1.807) is 27.4 Å². The van der Waals surface area contributed by atoms with Gasteiger partial charge in [0.2, 0.25) is 0 Å². The third-order valence-corrected chi connectivity index (χ3v) is 8.22. The van der Waals surface area contributed by atoms with E-state index in [1.165, 1.54) is 0 Å². The zero-order valence-corrected chi connectivity index (χ0v) is 23.2. The number of aromatic nitrogens is 5. The fourth-order valence-corrected chi connectivity index (χ4v) is 6.07. The summed E-state index contributed by atoms with van der Waals surface area (Å²) >= 11 is 0. The molecule has 2 aromatic carbocycles. The van der Waals surface area contributed by atoms with Crippen LogP contribution in [0.15, 0.2) is 47.3 Å². The Labute approximate surface area is 232 Å². The highest BCUT2D eigenvalue weighted by molar-refractivity contribution is 5.83. The summed E-state index contributed by atoms with van der Waals surface area (Å²) in [6.45, 7) is 3.12. The van der Waals surface area contributed by atoms with Crippen molar-refractivity contribution in [1.82, 2.24) is 30.1 Å². The van der Waals surface area contributed by atoms with Crippen LogP contribution in [-0.4, -0.2) is 77.6 Å². The predicted molar refractivity (Wildman–Crippen MR) is 152 cm³/mol. The van der Waals surface area contributed by atoms with Crippen LogP contribution in [0.3, 0.4) is 0 Å². The Bertz CT molecular complexity index is 1520. The largest absolute Gasteiger partial charge is 0.497 e. The topological polar surface area (TPSA) is 111 Å². The normalized spacial score (nSPS) is 17.3. The fraction of sp³-hybridized carbons (Fsp3) is 0.448. The number of rotatable bonds is 8. The number of ether oxygens (including phenoxy) is 3. The number of fused-ring (bicyclic) bond motifs is 1. The van der Waals surface area contributed by atoms with Gasteiger partial charge in [-0.25, -0.2) is 4.68 Å². The van der Waals surface area contributed by atoms with Gasteiger partial charge in [-0.15, -0.1) is 5.10 Å². The highest BCUT2D eigenvalue weighted by Gasteiger charge is 2.35. The smallest absolute Gasteiger partial charge is 0.253 e. The number of hydrogen-bond donors (Lipinski definition) is 1. The van der Waals surface area contributed by atoms with E-state index in [0.717, 1.165) is 74.5 Å². The maximum Gasteiger partial charge on any atom is 0.253 e. The van der Waals surface area contributed by atoms with E-state index < -0.39 is 6.04 Å². The van der Waals surface area contributed by atoms with Crippen molar-refractivity contribution in [2.75, 3.05) is 52.4 Å². The Morgan fingerprint density at radius 1 is 0.900 bits per heavy atom. The van der Waals surface area contributed by atoms with Crippen LogP contribution in [-0.2, 0) is 0 Å². The van der Waals surface area contributed by atoms with Gasteiger partial charge in [-0.2, -0.15) is 0 Å². The van der Waals surface area contributed by atoms with Crippen LogP contribution in [0.4, 0.5) is 5.69 Å². The van der Waals surface area contributed by atoms with E-state index >= 15 is 0 Å². The molecule has 1 unspecified atom stereocenters. The lowest BCUT2D eigenvalue weighted by molar-refractivity contribution is 0.197. The standard InChI is InChI=1S/C29H35N7O4/c1-38-22-10-8-20(9-11-22)34-12-14-35(15-13-34)27(28-31-32-33-36(28)21-6-4-5-7-21)23-16-19-17-25(39-2)26(40-3)18-24(19)30-29(23)37/h8-11,16-18,21,27H,4-7,12-15H2,1-3H3,(H,30,37). The Kier molecular flexibility index (Phi) is 7.29. The van der Waals surface area contributed by atoms with E-state index in [2.05, 4.69) is 42.4 Å². The van der Waals surface area contributed by atoms with Crippen molar-refractivity contribution in [3.63, 3.8) is 0 Å². The number of tetrazole rings is 1. The van der Waals surface area contributed by atoms with Crippen LogP contribution in [0.2, 0.25) is 0 Å². The first-order chi connectivity index (χ1) is 19.6. The molecule has 4 aromatic rings. The second-order valence-corrected chi connectivity index (χ2v) is 10.4. The van der Waals surface area contributed by atoms with Crippen LogP contribution in [0.5, 0.6) is 17.2 Å². The molecule has 2 fully saturated rings. The van der Waals surface area contributed by atoms with Crippen LogP contribution in [0.25, 0.3) is 10.9 Å². The minimum atomic E-state index is -0.394. The number of nitrogens with zero attached hydrogens (tertiary/aromatic N) is 6. The molecule has 1 aliphatic heterocycles. The molecule has 1 atom stereocenters. The molecule has 1 N–H and O–H groups in total. The Balaban J connectivity index is 1.38. The number of H-pyrrole nitrogens is 1. The summed E-state index contributed by atoms with van der Waals surface area (Å²) in [5.41, 5.74) is 2.29. The van der Waals surface area contributed by atoms with Gasteiger partial charge in [-0.3, -0.25) is 9.69 Å². The lowest BCUT2D eigenvalue weighted by atomic mass is 10.0. The molecular weight excluding hydrogens is 510 g/mol. The van der Waals surface area contributed by atoms with Crippen molar-refractivity contribution >= 4 is 16.6 Å². The molecule has 40 heavy (non-hydrogen) atoms. The maximum atomic E-state index is 13.7. The Morgan fingerprint density at radius 2 is 1.60 bits per heavy atom. The second-order valence-electron chi connectivity index (χ2n) is 10.4. The van der Waals surface area contributed by atoms with Crippen molar-refractivity contribution in [2.45, 2.75) is 37.8 Å².